The first-order chi connectivity index (χ1) is 11.7. The van der Waals surface area contributed by atoms with Gasteiger partial charge in [0.15, 0.2) is 0 Å². The van der Waals surface area contributed by atoms with Crippen LogP contribution in [-0.2, 0) is 6.54 Å². The maximum atomic E-state index is 12.7. The Balaban J connectivity index is 1.60. The fourth-order valence-corrected chi connectivity index (χ4v) is 4.22. The van der Waals surface area contributed by atoms with Crippen molar-refractivity contribution in [1.29, 1.82) is 0 Å². The third-order valence-electron chi connectivity index (χ3n) is 5.41. The molecule has 1 saturated heterocycles. The zero-order chi connectivity index (χ0) is 16.9. The van der Waals surface area contributed by atoms with Crippen LogP contribution in [0.4, 0.5) is 4.79 Å². The van der Waals surface area contributed by atoms with E-state index < -0.39 is 0 Å². The molecule has 2 amide bonds. The van der Waals surface area contributed by atoms with Crippen molar-refractivity contribution in [3.8, 4) is 5.75 Å². The number of aliphatic hydroxyl groups excluding tert-OH is 1. The van der Waals surface area contributed by atoms with Crippen LogP contribution in [0.5, 0.6) is 5.75 Å². The van der Waals surface area contributed by atoms with Gasteiger partial charge in [-0.2, -0.15) is 0 Å². The Hall–Kier alpha value is -1.75. The number of ether oxygens (including phenoxy) is 1. The predicted octanol–water partition coefficient (Wildman–Crippen LogP) is 2.78. The molecule has 1 heterocycles. The fourth-order valence-electron chi connectivity index (χ4n) is 4.22. The zero-order valence-electron chi connectivity index (χ0n) is 14.4. The number of carbonyl (C=O) groups excluding carboxylic acids is 1. The summed E-state index contributed by atoms with van der Waals surface area (Å²) in [6, 6.07) is 8.09. The molecule has 2 N–H and O–H groups in total. The van der Waals surface area contributed by atoms with Gasteiger partial charge in [0.1, 0.15) is 12.4 Å². The highest BCUT2D eigenvalue weighted by Crippen LogP contribution is 2.39. The number of urea groups is 1. The normalized spacial score (nSPS) is 26.1. The molecule has 5 nitrogen and oxygen atoms in total. The Kier molecular flexibility index (Phi) is 5.61. The van der Waals surface area contributed by atoms with E-state index in [1.54, 1.807) is 0 Å². The van der Waals surface area contributed by atoms with Gasteiger partial charge in [0, 0.05) is 24.7 Å². The molecule has 2 aliphatic rings. The Morgan fingerprint density at radius 1 is 1.33 bits per heavy atom. The zero-order valence-corrected chi connectivity index (χ0v) is 14.4. The highest BCUT2D eigenvalue weighted by atomic mass is 16.5. The van der Waals surface area contributed by atoms with Crippen LogP contribution < -0.4 is 10.1 Å². The molecule has 1 aromatic rings. The number of likely N-dealkylation sites (tertiary alicyclic amines) is 1. The summed E-state index contributed by atoms with van der Waals surface area (Å²) in [4.78, 5) is 14.7. The molecule has 0 bridgehead atoms. The van der Waals surface area contributed by atoms with Crippen LogP contribution in [0.25, 0.3) is 0 Å². The first-order valence-electron chi connectivity index (χ1n) is 9.06. The number of hydrogen-bond acceptors (Lipinski definition) is 3. The van der Waals surface area contributed by atoms with Gasteiger partial charge in [-0.05, 0) is 30.7 Å². The van der Waals surface area contributed by atoms with Gasteiger partial charge < -0.3 is 20.1 Å². The number of amides is 2. The van der Waals surface area contributed by atoms with Gasteiger partial charge in [0.25, 0.3) is 0 Å². The van der Waals surface area contributed by atoms with E-state index in [1.165, 1.54) is 19.3 Å². The molecule has 3 atom stereocenters. The van der Waals surface area contributed by atoms with Crippen LogP contribution in [0.1, 0.15) is 38.2 Å². The van der Waals surface area contributed by atoms with Crippen molar-refractivity contribution in [2.24, 2.45) is 11.8 Å². The summed E-state index contributed by atoms with van der Waals surface area (Å²) < 4.78 is 5.53. The highest BCUT2D eigenvalue weighted by Gasteiger charge is 2.42. The molecular formula is C19H28N2O3. The minimum Gasteiger partial charge on any atom is -0.491 e. The third kappa shape index (κ3) is 3.66. The first kappa shape index (κ1) is 17.1. The van der Waals surface area contributed by atoms with Gasteiger partial charge >= 0.3 is 6.03 Å². The van der Waals surface area contributed by atoms with Crippen LogP contribution in [0.3, 0.4) is 0 Å². The van der Waals surface area contributed by atoms with Crippen molar-refractivity contribution < 1.29 is 14.6 Å². The highest BCUT2D eigenvalue weighted by molar-refractivity contribution is 5.75. The van der Waals surface area contributed by atoms with Gasteiger partial charge in [-0.25, -0.2) is 4.79 Å². The third-order valence-corrected chi connectivity index (χ3v) is 5.41. The maximum absolute atomic E-state index is 12.7. The quantitative estimate of drug-likeness (QED) is 0.871. The average molecular weight is 332 g/mol. The maximum Gasteiger partial charge on any atom is 0.317 e. The summed E-state index contributed by atoms with van der Waals surface area (Å²) in [5, 5.41) is 12.0. The topological polar surface area (TPSA) is 61.8 Å². The predicted molar refractivity (Wildman–Crippen MR) is 92.9 cm³/mol. The van der Waals surface area contributed by atoms with E-state index >= 15 is 0 Å². The van der Waals surface area contributed by atoms with Crippen LogP contribution in [-0.4, -0.2) is 41.8 Å². The molecule has 2 fully saturated rings. The molecule has 0 aromatic heterocycles. The number of benzene rings is 1. The van der Waals surface area contributed by atoms with Crippen molar-refractivity contribution in [3.05, 3.63) is 29.8 Å². The molecule has 1 saturated carbocycles. The molecule has 0 unspecified atom stereocenters. The van der Waals surface area contributed by atoms with E-state index in [0.29, 0.717) is 24.4 Å². The molecule has 5 heteroatoms. The second-order valence-corrected chi connectivity index (χ2v) is 6.98. The van der Waals surface area contributed by atoms with Gasteiger partial charge in [-0.1, -0.05) is 38.0 Å². The first-order valence-corrected chi connectivity index (χ1v) is 9.06. The molecule has 1 aliphatic carbocycles. The standard InChI is InChI=1S/C19H28N2O3/c1-14-13-21(17-8-4-3-7-16(14)17)19(23)20-12-15-6-2-5-9-18(15)24-11-10-22/h2,5-6,9,14,16-17,22H,3-4,7-8,10-13H2,1H3,(H,20,23)/t14-,16-,17+/m1/s1. The van der Waals surface area contributed by atoms with E-state index in [-0.39, 0.29) is 19.2 Å². The second-order valence-electron chi connectivity index (χ2n) is 6.98. The Morgan fingerprint density at radius 2 is 2.12 bits per heavy atom. The minimum atomic E-state index is -0.0184. The minimum absolute atomic E-state index is 0.0184. The van der Waals surface area contributed by atoms with Crippen molar-refractivity contribution in [1.82, 2.24) is 10.2 Å². The van der Waals surface area contributed by atoms with E-state index in [4.69, 9.17) is 9.84 Å². The Morgan fingerprint density at radius 3 is 2.96 bits per heavy atom. The number of para-hydroxylation sites is 1. The monoisotopic (exact) mass is 332 g/mol. The lowest BCUT2D eigenvalue weighted by Crippen LogP contribution is -2.44. The van der Waals surface area contributed by atoms with Crippen molar-refractivity contribution >= 4 is 6.03 Å². The van der Waals surface area contributed by atoms with Gasteiger partial charge in [0.05, 0.1) is 6.61 Å². The lowest BCUT2D eigenvalue weighted by Gasteiger charge is -2.32. The van der Waals surface area contributed by atoms with E-state index in [1.807, 2.05) is 29.2 Å². The number of aliphatic hydroxyl groups is 1. The number of nitrogens with one attached hydrogen (secondary N) is 1. The Labute approximate surface area is 144 Å². The molecule has 3 rings (SSSR count). The summed E-state index contributed by atoms with van der Waals surface area (Å²) >= 11 is 0. The summed E-state index contributed by atoms with van der Waals surface area (Å²) in [7, 11) is 0. The SMILES string of the molecule is C[C@@H]1CN(C(=O)NCc2ccccc2OCCO)[C@H]2CCCC[C@H]12. The van der Waals surface area contributed by atoms with Crippen molar-refractivity contribution in [3.63, 3.8) is 0 Å². The fraction of sp³-hybridized carbons (Fsp3) is 0.632. The number of fused-ring (bicyclic) bond motifs is 1. The van der Waals surface area contributed by atoms with Crippen molar-refractivity contribution in [2.45, 2.75) is 45.2 Å². The van der Waals surface area contributed by atoms with Crippen LogP contribution in [0, 0.1) is 11.8 Å². The molecule has 0 radical (unpaired) electrons. The lowest BCUT2D eigenvalue weighted by atomic mass is 9.80. The van der Waals surface area contributed by atoms with Gasteiger partial charge in [-0.3, -0.25) is 0 Å². The summed E-state index contributed by atoms with van der Waals surface area (Å²) in [6.45, 7) is 3.83. The van der Waals surface area contributed by atoms with Crippen LogP contribution >= 0.6 is 0 Å². The van der Waals surface area contributed by atoms with Crippen molar-refractivity contribution in [2.75, 3.05) is 19.8 Å². The van der Waals surface area contributed by atoms with E-state index in [0.717, 1.165) is 24.3 Å². The molecule has 1 aliphatic heterocycles. The number of carbonyl (C=O) groups is 1. The molecule has 1 aromatic carbocycles. The summed E-state index contributed by atoms with van der Waals surface area (Å²) in [5.41, 5.74) is 0.937. The molecule has 0 spiro atoms. The molecule has 24 heavy (non-hydrogen) atoms. The smallest absolute Gasteiger partial charge is 0.317 e. The number of hydrogen-bond donors (Lipinski definition) is 2. The molecular weight excluding hydrogens is 304 g/mol. The summed E-state index contributed by atoms with van der Waals surface area (Å²) in [6.07, 6.45) is 4.93. The van der Waals surface area contributed by atoms with Gasteiger partial charge in [0.2, 0.25) is 0 Å². The second kappa shape index (κ2) is 7.88. The van der Waals surface area contributed by atoms with E-state index in [9.17, 15) is 4.79 Å². The van der Waals surface area contributed by atoms with Gasteiger partial charge in [-0.15, -0.1) is 0 Å². The van der Waals surface area contributed by atoms with Crippen LogP contribution in [0.2, 0.25) is 0 Å². The molecule has 132 valence electrons. The average Bonchev–Trinajstić information content (AvgIpc) is 2.96. The lowest BCUT2D eigenvalue weighted by molar-refractivity contribution is 0.168. The Bertz CT molecular complexity index is 563. The van der Waals surface area contributed by atoms with E-state index in [2.05, 4.69) is 12.2 Å². The number of nitrogens with zero attached hydrogens (tertiary/aromatic N) is 1. The number of rotatable bonds is 5. The summed E-state index contributed by atoms with van der Waals surface area (Å²) in [5.74, 6) is 1.99. The largest absolute Gasteiger partial charge is 0.491 e. The van der Waals surface area contributed by atoms with Crippen LogP contribution in [0.15, 0.2) is 24.3 Å².